The van der Waals surface area contributed by atoms with Gasteiger partial charge in [0.25, 0.3) is 5.91 Å². The van der Waals surface area contributed by atoms with Gasteiger partial charge in [0.2, 0.25) is 5.76 Å². The molecule has 2 N–H and O–H groups in total. The highest BCUT2D eigenvalue weighted by Crippen LogP contribution is 2.24. The predicted octanol–water partition coefficient (Wildman–Crippen LogP) is 1.27. The van der Waals surface area contributed by atoms with E-state index in [0.29, 0.717) is 12.1 Å². The lowest BCUT2D eigenvalue weighted by Crippen LogP contribution is -2.23. The zero-order chi connectivity index (χ0) is 15.0. The largest absolute Gasteiger partial charge is 0.363 e. The molecular formula is C14H13FN4O2. The molecule has 7 heteroatoms. The van der Waals surface area contributed by atoms with Crippen LogP contribution in [0.25, 0.3) is 11.3 Å². The summed E-state index contributed by atoms with van der Waals surface area (Å²) in [5, 5.41) is 3.65. The molecule has 2 aromatic rings. The van der Waals surface area contributed by atoms with Crippen molar-refractivity contribution in [1.29, 1.82) is 0 Å². The number of amidine groups is 1. The number of halogens is 1. The van der Waals surface area contributed by atoms with Crippen LogP contribution in [0.1, 0.15) is 16.1 Å². The van der Waals surface area contributed by atoms with Gasteiger partial charge in [-0.2, -0.15) is 0 Å². The zero-order valence-corrected chi connectivity index (χ0v) is 11.3. The van der Waals surface area contributed by atoms with Gasteiger partial charge in [-0.3, -0.25) is 9.79 Å². The molecule has 6 nitrogen and oxygen atoms in total. The summed E-state index contributed by atoms with van der Waals surface area (Å²) in [5.41, 5.74) is 6.26. The maximum atomic E-state index is 14.3. The maximum absolute atomic E-state index is 14.3. The average molecular weight is 288 g/mol. The standard InChI is InChI=1S/C14H13FN4O2/c1-19-5-4-17-14(19)8-2-3-9(10(15)6-8)11-7-12(13(16)20)21-18-11/h2-3,6-7H,4-5H2,1H3,(H2,16,20). The van der Waals surface area contributed by atoms with Gasteiger partial charge in [0.1, 0.15) is 17.3 Å². The summed E-state index contributed by atoms with van der Waals surface area (Å²) in [7, 11) is 1.91. The molecule has 1 aromatic heterocycles. The van der Waals surface area contributed by atoms with Crippen LogP contribution in [0.3, 0.4) is 0 Å². The molecule has 1 aromatic carbocycles. The molecule has 0 radical (unpaired) electrons. The van der Waals surface area contributed by atoms with Gasteiger partial charge in [-0.25, -0.2) is 4.39 Å². The molecule has 0 unspecified atom stereocenters. The van der Waals surface area contributed by atoms with E-state index in [1.54, 1.807) is 12.1 Å². The van der Waals surface area contributed by atoms with Gasteiger partial charge in [0, 0.05) is 30.8 Å². The number of hydrogen-bond donors (Lipinski definition) is 1. The minimum atomic E-state index is -0.743. The van der Waals surface area contributed by atoms with Crippen LogP contribution in [-0.4, -0.2) is 41.9 Å². The molecule has 0 bridgehead atoms. The Morgan fingerprint density at radius 1 is 1.43 bits per heavy atom. The van der Waals surface area contributed by atoms with Crippen molar-refractivity contribution in [1.82, 2.24) is 10.1 Å². The molecule has 1 aliphatic rings. The van der Waals surface area contributed by atoms with Gasteiger partial charge in [-0.1, -0.05) is 11.2 Å². The lowest BCUT2D eigenvalue weighted by atomic mass is 10.1. The lowest BCUT2D eigenvalue weighted by Gasteiger charge is -2.14. The second-order valence-corrected chi connectivity index (χ2v) is 4.76. The van der Waals surface area contributed by atoms with E-state index in [-0.39, 0.29) is 17.0 Å². The molecular weight excluding hydrogens is 275 g/mol. The van der Waals surface area contributed by atoms with Crippen LogP contribution in [0.5, 0.6) is 0 Å². The van der Waals surface area contributed by atoms with E-state index >= 15 is 0 Å². The molecule has 1 aliphatic heterocycles. The number of nitrogens with two attached hydrogens (primary N) is 1. The molecule has 0 saturated heterocycles. The molecule has 3 rings (SSSR count). The summed E-state index contributed by atoms with van der Waals surface area (Å²) in [6.07, 6.45) is 0. The number of nitrogens with zero attached hydrogens (tertiary/aromatic N) is 3. The number of aromatic nitrogens is 1. The monoisotopic (exact) mass is 288 g/mol. The summed E-state index contributed by atoms with van der Waals surface area (Å²) in [6.45, 7) is 1.53. The first-order chi connectivity index (χ1) is 10.1. The van der Waals surface area contributed by atoms with E-state index in [1.807, 2.05) is 11.9 Å². The van der Waals surface area contributed by atoms with Crippen LogP contribution in [0.2, 0.25) is 0 Å². The van der Waals surface area contributed by atoms with Crippen molar-refractivity contribution in [3.05, 3.63) is 41.4 Å². The molecule has 108 valence electrons. The summed E-state index contributed by atoms with van der Waals surface area (Å²) in [5.74, 6) is -0.542. The van der Waals surface area contributed by atoms with Crippen molar-refractivity contribution < 1.29 is 13.7 Å². The van der Waals surface area contributed by atoms with Crippen molar-refractivity contribution in [3.8, 4) is 11.3 Å². The molecule has 0 spiro atoms. The summed E-state index contributed by atoms with van der Waals surface area (Å²) >= 11 is 0. The van der Waals surface area contributed by atoms with Crippen LogP contribution in [0, 0.1) is 5.82 Å². The SMILES string of the molecule is CN1CCN=C1c1ccc(-c2cc(C(N)=O)on2)c(F)c1. The number of carbonyl (C=O) groups is 1. The second kappa shape index (κ2) is 5.01. The van der Waals surface area contributed by atoms with Gasteiger partial charge in [-0.05, 0) is 12.1 Å². The quantitative estimate of drug-likeness (QED) is 0.921. The smallest absolute Gasteiger partial charge is 0.287 e. The molecule has 0 aliphatic carbocycles. The summed E-state index contributed by atoms with van der Waals surface area (Å²) in [4.78, 5) is 17.3. The first kappa shape index (κ1) is 13.3. The van der Waals surface area contributed by atoms with Gasteiger partial charge < -0.3 is 15.2 Å². The first-order valence-corrected chi connectivity index (χ1v) is 6.38. The van der Waals surface area contributed by atoms with Crippen molar-refractivity contribution >= 4 is 11.7 Å². The number of carbonyl (C=O) groups excluding carboxylic acids is 1. The number of primary amides is 1. The van der Waals surface area contributed by atoms with Gasteiger partial charge in [0.05, 0.1) is 6.54 Å². The molecule has 2 heterocycles. The Bertz CT molecular complexity index is 738. The first-order valence-electron chi connectivity index (χ1n) is 6.38. The average Bonchev–Trinajstić information content (AvgIpc) is 3.07. The van der Waals surface area contributed by atoms with E-state index in [0.717, 1.165) is 12.4 Å². The third-order valence-electron chi connectivity index (χ3n) is 3.31. The van der Waals surface area contributed by atoms with Crippen molar-refractivity contribution in [2.24, 2.45) is 10.7 Å². The number of likely N-dealkylation sites (N-methyl/N-ethyl adjacent to an activating group) is 1. The van der Waals surface area contributed by atoms with Crippen LogP contribution < -0.4 is 5.73 Å². The maximum Gasteiger partial charge on any atom is 0.287 e. The minimum absolute atomic E-state index is 0.103. The van der Waals surface area contributed by atoms with E-state index in [4.69, 9.17) is 10.3 Å². The molecule has 21 heavy (non-hydrogen) atoms. The third-order valence-corrected chi connectivity index (χ3v) is 3.31. The van der Waals surface area contributed by atoms with Gasteiger partial charge in [-0.15, -0.1) is 0 Å². The highest BCUT2D eigenvalue weighted by Gasteiger charge is 2.18. The number of amides is 1. The Balaban J connectivity index is 1.96. The predicted molar refractivity (Wildman–Crippen MR) is 74.4 cm³/mol. The Labute approximate surface area is 120 Å². The Morgan fingerprint density at radius 3 is 2.81 bits per heavy atom. The normalized spacial score (nSPS) is 14.4. The Hall–Kier alpha value is -2.70. The highest BCUT2D eigenvalue weighted by atomic mass is 19.1. The third kappa shape index (κ3) is 2.37. The number of hydrogen-bond acceptors (Lipinski definition) is 5. The molecule has 0 saturated carbocycles. The van der Waals surface area contributed by atoms with Gasteiger partial charge >= 0.3 is 0 Å². The topological polar surface area (TPSA) is 84.7 Å². The van der Waals surface area contributed by atoms with Crippen molar-refractivity contribution in [2.45, 2.75) is 0 Å². The van der Waals surface area contributed by atoms with Gasteiger partial charge in [0.15, 0.2) is 0 Å². The number of benzene rings is 1. The molecule has 0 fully saturated rings. The Morgan fingerprint density at radius 2 is 2.24 bits per heavy atom. The number of rotatable bonds is 3. The fraction of sp³-hybridized carbons (Fsp3) is 0.214. The highest BCUT2D eigenvalue weighted by molar-refractivity contribution is 6.00. The van der Waals surface area contributed by atoms with E-state index in [1.165, 1.54) is 12.1 Å². The van der Waals surface area contributed by atoms with E-state index < -0.39 is 11.7 Å². The second-order valence-electron chi connectivity index (χ2n) is 4.76. The zero-order valence-electron chi connectivity index (χ0n) is 11.3. The number of aliphatic imine (C=N–C) groups is 1. The summed E-state index contributed by atoms with van der Waals surface area (Å²) in [6, 6.07) is 6.06. The van der Waals surface area contributed by atoms with Crippen LogP contribution in [0.4, 0.5) is 4.39 Å². The molecule has 0 atom stereocenters. The fourth-order valence-corrected chi connectivity index (χ4v) is 2.22. The fourth-order valence-electron chi connectivity index (χ4n) is 2.22. The van der Waals surface area contributed by atoms with Crippen molar-refractivity contribution in [2.75, 3.05) is 20.1 Å². The van der Waals surface area contributed by atoms with E-state index in [9.17, 15) is 9.18 Å². The Kier molecular flexibility index (Phi) is 3.17. The molecule has 1 amide bonds. The lowest BCUT2D eigenvalue weighted by molar-refractivity contribution is 0.0965. The summed E-state index contributed by atoms with van der Waals surface area (Å²) < 4.78 is 19.0. The van der Waals surface area contributed by atoms with E-state index in [2.05, 4.69) is 10.1 Å². The van der Waals surface area contributed by atoms with Crippen molar-refractivity contribution in [3.63, 3.8) is 0 Å². The minimum Gasteiger partial charge on any atom is -0.363 e. The van der Waals surface area contributed by atoms with Crippen LogP contribution in [0.15, 0.2) is 33.8 Å². The van der Waals surface area contributed by atoms with Crippen LogP contribution in [-0.2, 0) is 0 Å². The van der Waals surface area contributed by atoms with Crippen LogP contribution >= 0.6 is 0 Å².